The molecule has 0 saturated heterocycles. The Morgan fingerprint density at radius 2 is 2.14 bits per heavy atom. The summed E-state index contributed by atoms with van der Waals surface area (Å²) in [5, 5.41) is 8.42. The summed E-state index contributed by atoms with van der Waals surface area (Å²) in [7, 11) is 0. The third-order valence-corrected chi connectivity index (χ3v) is 2.34. The van der Waals surface area contributed by atoms with Gasteiger partial charge in [-0.2, -0.15) is 0 Å². The van der Waals surface area contributed by atoms with Crippen LogP contribution in [0.4, 0.5) is 0 Å². The van der Waals surface area contributed by atoms with Gasteiger partial charge in [-0.15, -0.1) is 0 Å². The fourth-order valence-electron chi connectivity index (χ4n) is 1.21. The van der Waals surface area contributed by atoms with Crippen molar-refractivity contribution in [2.75, 3.05) is 19.6 Å². The Balaban J connectivity index is 3.84. The number of aliphatic carboxylic acids is 1. The molecule has 0 aromatic heterocycles. The van der Waals surface area contributed by atoms with Crippen molar-refractivity contribution in [3.63, 3.8) is 0 Å². The molecule has 0 heterocycles. The molecule has 0 saturated carbocycles. The van der Waals surface area contributed by atoms with Gasteiger partial charge in [-0.25, -0.2) is 4.79 Å². The lowest BCUT2D eigenvalue weighted by Gasteiger charge is -2.21. The van der Waals surface area contributed by atoms with E-state index in [-0.39, 0.29) is 0 Å². The van der Waals surface area contributed by atoms with E-state index in [0.717, 1.165) is 19.6 Å². The van der Waals surface area contributed by atoms with Crippen LogP contribution in [-0.2, 0) is 4.79 Å². The fraction of sp³-hybridized carbons (Fsp3) is 0.727. The number of hydrogen-bond acceptors (Lipinski definition) is 2. The van der Waals surface area contributed by atoms with Crippen LogP contribution in [-0.4, -0.2) is 35.6 Å². The lowest BCUT2D eigenvalue weighted by molar-refractivity contribution is -0.131. The third-order valence-electron chi connectivity index (χ3n) is 2.34. The summed E-state index contributed by atoms with van der Waals surface area (Å²) in [6.07, 6.45) is 4.08. The molecule has 0 amide bonds. The summed E-state index contributed by atoms with van der Waals surface area (Å²) in [5.41, 5.74) is 0. The number of carboxylic acids is 1. The second-order valence-corrected chi connectivity index (χ2v) is 3.61. The van der Waals surface area contributed by atoms with Gasteiger partial charge < -0.3 is 5.11 Å². The zero-order valence-corrected chi connectivity index (χ0v) is 9.36. The fourth-order valence-corrected chi connectivity index (χ4v) is 1.21. The van der Waals surface area contributed by atoms with Crippen molar-refractivity contribution in [3.05, 3.63) is 12.2 Å². The molecule has 0 spiro atoms. The predicted molar refractivity (Wildman–Crippen MR) is 58.3 cm³/mol. The van der Waals surface area contributed by atoms with Crippen LogP contribution < -0.4 is 0 Å². The number of likely N-dealkylation sites (N-methyl/N-ethyl adjacent to an activating group) is 1. The Bertz CT molecular complexity index is 190. The largest absolute Gasteiger partial charge is 0.478 e. The van der Waals surface area contributed by atoms with Gasteiger partial charge in [-0.05, 0) is 12.5 Å². The molecule has 1 unspecified atom stereocenters. The zero-order valence-electron chi connectivity index (χ0n) is 9.36. The van der Waals surface area contributed by atoms with Gasteiger partial charge in [-0.1, -0.05) is 33.3 Å². The van der Waals surface area contributed by atoms with E-state index in [0.29, 0.717) is 5.92 Å². The molecule has 1 atom stereocenters. The number of nitrogens with zero attached hydrogens (tertiary/aromatic N) is 1. The quantitative estimate of drug-likeness (QED) is 0.637. The summed E-state index contributed by atoms with van der Waals surface area (Å²) >= 11 is 0. The van der Waals surface area contributed by atoms with Crippen molar-refractivity contribution < 1.29 is 9.90 Å². The van der Waals surface area contributed by atoms with Gasteiger partial charge in [0.25, 0.3) is 0 Å². The van der Waals surface area contributed by atoms with Crippen LogP contribution in [0.15, 0.2) is 12.2 Å². The number of carboxylic acid groups (broad SMARTS) is 1. The van der Waals surface area contributed by atoms with Gasteiger partial charge in [-0.3, -0.25) is 4.90 Å². The van der Waals surface area contributed by atoms with Crippen molar-refractivity contribution >= 4 is 5.97 Å². The van der Waals surface area contributed by atoms with Crippen molar-refractivity contribution in [2.24, 2.45) is 5.92 Å². The first-order valence-corrected chi connectivity index (χ1v) is 5.21. The molecule has 1 N–H and O–H groups in total. The average Bonchev–Trinajstić information content (AvgIpc) is 2.15. The highest BCUT2D eigenvalue weighted by Gasteiger charge is 2.04. The zero-order chi connectivity index (χ0) is 11.0. The van der Waals surface area contributed by atoms with Crippen LogP contribution in [0.5, 0.6) is 0 Å². The molecular weight excluding hydrogens is 178 g/mol. The van der Waals surface area contributed by atoms with Crippen molar-refractivity contribution in [1.29, 1.82) is 0 Å². The molecule has 82 valence electrons. The SMILES string of the molecule is CCC(C)CN(CC)C/C=C/C(=O)O. The molecule has 0 fully saturated rings. The first kappa shape index (κ1) is 13.2. The molecule has 0 aromatic carbocycles. The summed E-state index contributed by atoms with van der Waals surface area (Å²) in [6.45, 7) is 9.21. The number of rotatable bonds is 7. The van der Waals surface area contributed by atoms with E-state index >= 15 is 0 Å². The molecule has 0 rings (SSSR count). The maximum absolute atomic E-state index is 10.2. The first-order valence-electron chi connectivity index (χ1n) is 5.21. The van der Waals surface area contributed by atoms with Gasteiger partial charge in [0, 0.05) is 19.2 Å². The topological polar surface area (TPSA) is 40.5 Å². The van der Waals surface area contributed by atoms with Crippen LogP contribution in [0.3, 0.4) is 0 Å². The molecule has 3 nitrogen and oxygen atoms in total. The second-order valence-electron chi connectivity index (χ2n) is 3.61. The van der Waals surface area contributed by atoms with E-state index in [4.69, 9.17) is 5.11 Å². The molecule has 0 bridgehead atoms. The highest BCUT2D eigenvalue weighted by Crippen LogP contribution is 2.03. The van der Waals surface area contributed by atoms with E-state index in [1.807, 2.05) is 0 Å². The standard InChI is InChI=1S/C11H21NO2/c1-4-10(3)9-12(5-2)8-6-7-11(13)14/h6-7,10H,4-5,8-9H2,1-3H3,(H,13,14)/b7-6+. The minimum absolute atomic E-state index is 0.674. The predicted octanol–water partition coefficient (Wildman–Crippen LogP) is 2.00. The Morgan fingerprint density at radius 1 is 1.50 bits per heavy atom. The summed E-state index contributed by atoms with van der Waals surface area (Å²) < 4.78 is 0. The van der Waals surface area contributed by atoms with Crippen LogP contribution in [0.1, 0.15) is 27.2 Å². The minimum Gasteiger partial charge on any atom is -0.478 e. The summed E-state index contributed by atoms with van der Waals surface area (Å²) in [4.78, 5) is 12.5. The molecule has 3 heteroatoms. The highest BCUT2D eigenvalue weighted by molar-refractivity contribution is 5.79. The van der Waals surface area contributed by atoms with E-state index in [2.05, 4.69) is 25.7 Å². The van der Waals surface area contributed by atoms with Crippen LogP contribution in [0, 0.1) is 5.92 Å². The third kappa shape index (κ3) is 6.66. The Hall–Kier alpha value is -0.830. The van der Waals surface area contributed by atoms with E-state index < -0.39 is 5.97 Å². The molecule has 0 aliphatic carbocycles. The molecule has 0 aliphatic heterocycles. The summed E-state index contributed by atoms with van der Waals surface area (Å²) in [5.74, 6) is -0.197. The smallest absolute Gasteiger partial charge is 0.328 e. The van der Waals surface area contributed by atoms with Crippen molar-refractivity contribution in [2.45, 2.75) is 27.2 Å². The lowest BCUT2D eigenvalue weighted by Crippen LogP contribution is -2.28. The second kappa shape index (κ2) is 7.56. The van der Waals surface area contributed by atoms with E-state index in [1.165, 1.54) is 12.5 Å². The first-order chi connectivity index (χ1) is 6.60. The maximum Gasteiger partial charge on any atom is 0.328 e. The summed E-state index contributed by atoms with van der Waals surface area (Å²) in [6, 6.07) is 0. The van der Waals surface area contributed by atoms with Gasteiger partial charge >= 0.3 is 5.97 Å². The van der Waals surface area contributed by atoms with E-state index in [9.17, 15) is 4.79 Å². The average molecular weight is 199 g/mol. The van der Waals surface area contributed by atoms with Gasteiger partial charge in [0.1, 0.15) is 0 Å². The normalized spacial score (nSPS) is 13.7. The van der Waals surface area contributed by atoms with Gasteiger partial charge in [0.15, 0.2) is 0 Å². The monoisotopic (exact) mass is 199 g/mol. The van der Waals surface area contributed by atoms with Crippen molar-refractivity contribution in [3.8, 4) is 0 Å². The van der Waals surface area contributed by atoms with Gasteiger partial charge in [0.2, 0.25) is 0 Å². The number of carbonyl (C=O) groups is 1. The maximum atomic E-state index is 10.2. The molecular formula is C11H21NO2. The highest BCUT2D eigenvalue weighted by atomic mass is 16.4. The van der Waals surface area contributed by atoms with Crippen LogP contribution >= 0.6 is 0 Å². The minimum atomic E-state index is -0.871. The Kier molecular flexibility index (Phi) is 7.11. The van der Waals surface area contributed by atoms with E-state index in [1.54, 1.807) is 6.08 Å². The molecule has 0 aliphatic rings. The lowest BCUT2D eigenvalue weighted by atomic mass is 10.1. The molecule has 0 aromatic rings. The number of hydrogen-bond donors (Lipinski definition) is 1. The Labute approximate surface area is 86.4 Å². The van der Waals surface area contributed by atoms with Crippen LogP contribution in [0.25, 0.3) is 0 Å². The Morgan fingerprint density at radius 3 is 2.57 bits per heavy atom. The van der Waals surface area contributed by atoms with Crippen LogP contribution in [0.2, 0.25) is 0 Å². The van der Waals surface area contributed by atoms with Gasteiger partial charge in [0.05, 0.1) is 0 Å². The van der Waals surface area contributed by atoms with Crippen molar-refractivity contribution in [1.82, 2.24) is 4.90 Å². The molecule has 0 radical (unpaired) electrons. The molecule has 14 heavy (non-hydrogen) atoms.